The van der Waals surface area contributed by atoms with Gasteiger partial charge in [0.15, 0.2) is 5.75 Å². The van der Waals surface area contributed by atoms with Gasteiger partial charge < -0.3 is 4.74 Å². The van der Waals surface area contributed by atoms with Crippen LogP contribution in [0.25, 0.3) is 0 Å². The lowest BCUT2D eigenvalue weighted by molar-refractivity contribution is -0.386. The molecule has 0 unspecified atom stereocenters. The number of ether oxygens (including phenoxy) is 1. The van der Waals surface area contributed by atoms with Crippen molar-refractivity contribution in [3.05, 3.63) is 69.8 Å². The van der Waals surface area contributed by atoms with Crippen molar-refractivity contribution in [3.63, 3.8) is 0 Å². The summed E-state index contributed by atoms with van der Waals surface area (Å²) in [5.41, 5.74) is 1.75. The van der Waals surface area contributed by atoms with Crippen LogP contribution in [0.5, 0.6) is 5.75 Å². The molecular weight excluding hydrogens is 254 g/mol. The van der Waals surface area contributed by atoms with Gasteiger partial charge in [0.25, 0.3) is 0 Å². The molecule has 0 saturated carbocycles. The molecule has 104 valence electrons. The van der Waals surface area contributed by atoms with Gasteiger partial charge in [0.2, 0.25) is 0 Å². The van der Waals surface area contributed by atoms with Gasteiger partial charge in [0.1, 0.15) is 6.61 Å². The van der Waals surface area contributed by atoms with Crippen LogP contribution in [0.4, 0.5) is 5.69 Å². The first-order chi connectivity index (χ1) is 9.59. The van der Waals surface area contributed by atoms with Crippen molar-refractivity contribution < 1.29 is 9.66 Å². The minimum Gasteiger partial charge on any atom is -0.482 e. The maximum absolute atomic E-state index is 11.3. The number of benzene rings is 2. The van der Waals surface area contributed by atoms with Crippen LogP contribution in [0.2, 0.25) is 0 Å². The van der Waals surface area contributed by atoms with Crippen molar-refractivity contribution >= 4 is 5.69 Å². The summed E-state index contributed by atoms with van der Waals surface area (Å²) in [4.78, 5) is 10.9. The van der Waals surface area contributed by atoms with Gasteiger partial charge in [-0.3, -0.25) is 10.1 Å². The van der Waals surface area contributed by atoms with Gasteiger partial charge in [0, 0.05) is 5.56 Å². The molecule has 2 rings (SSSR count). The van der Waals surface area contributed by atoms with Gasteiger partial charge in [-0.2, -0.15) is 0 Å². The van der Waals surface area contributed by atoms with E-state index in [9.17, 15) is 10.1 Å². The first-order valence-corrected chi connectivity index (χ1v) is 6.53. The van der Waals surface area contributed by atoms with Crippen LogP contribution >= 0.6 is 0 Å². The number of nitrogens with zero attached hydrogens (tertiary/aromatic N) is 1. The van der Waals surface area contributed by atoms with Crippen LogP contribution in [0.3, 0.4) is 0 Å². The average molecular weight is 271 g/mol. The molecule has 2 aromatic rings. The summed E-state index contributed by atoms with van der Waals surface area (Å²) in [6.07, 6.45) is 0. The smallest absolute Gasteiger partial charge is 0.314 e. The van der Waals surface area contributed by atoms with Gasteiger partial charge >= 0.3 is 5.69 Å². The van der Waals surface area contributed by atoms with Crippen molar-refractivity contribution in [2.45, 2.75) is 26.4 Å². The lowest BCUT2D eigenvalue weighted by Gasteiger charge is -2.11. The number of rotatable bonds is 5. The molecule has 0 atom stereocenters. The SMILES string of the molecule is CC(C)c1cccc(OCc2ccccc2)c1[N+](=O)[O-]. The zero-order valence-corrected chi connectivity index (χ0v) is 11.6. The van der Waals surface area contributed by atoms with Gasteiger partial charge in [-0.15, -0.1) is 0 Å². The van der Waals surface area contributed by atoms with Crippen molar-refractivity contribution in [2.75, 3.05) is 0 Å². The van der Waals surface area contributed by atoms with E-state index in [4.69, 9.17) is 4.74 Å². The van der Waals surface area contributed by atoms with Crippen LogP contribution in [0, 0.1) is 10.1 Å². The van der Waals surface area contributed by atoms with Gasteiger partial charge in [-0.05, 0) is 17.5 Å². The molecule has 0 fully saturated rings. The second-order valence-corrected chi connectivity index (χ2v) is 4.88. The molecule has 0 bridgehead atoms. The number of nitro groups is 1. The highest BCUT2D eigenvalue weighted by Gasteiger charge is 2.22. The number of hydrogen-bond acceptors (Lipinski definition) is 3. The highest BCUT2D eigenvalue weighted by atomic mass is 16.6. The van der Waals surface area contributed by atoms with Crippen LogP contribution in [0.1, 0.15) is 30.9 Å². The molecule has 20 heavy (non-hydrogen) atoms. The Bertz CT molecular complexity index is 594. The molecule has 2 aromatic carbocycles. The molecule has 0 aromatic heterocycles. The van der Waals surface area contributed by atoms with Crippen LogP contribution in [-0.4, -0.2) is 4.92 Å². The van der Waals surface area contributed by atoms with Crippen molar-refractivity contribution in [3.8, 4) is 5.75 Å². The third-order valence-corrected chi connectivity index (χ3v) is 3.07. The Kier molecular flexibility index (Phi) is 4.35. The first-order valence-electron chi connectivity index (χ1n) is 6.53. The predicted octanol–water partition coefficient (Wildman–Crippen LogP) is 4.30. The molecule has 4 nitrogen and oxygen atoms in total. The number of nitro benzene ring substituents is 1. The Morgan fingerprint density at radius 3 is 2.40 bits per heavy atom. The molecule has 0 aliphatic carbocycles. The molecule has 0 radical (unpaired) electrons. The topological polar surface area (TPSA) is 52.4 Å². The van der Waals surface area contributed by atoms with Crippen LogP contribution in [-0.2, 0) is 6.61 Å². The van der Waals surface area contributed by atoms with Crippen LogP contribution in [0.15, 0.2) is 48.5 Å². The molecule has 0 saturated heterocycles. The van der Waals surface area contributed by atoms with Crippen molar-refractivity contribution in [1.29, 1.82) is 0 Å². The van der Waals surface area contributed by atoms with E-state index in [0.29, 0.717) is 17.9 Å². The quantitative estimate of drug-likeness (QED) is 0.602. The summed E-state index contributed by atoms with van der Waals surface area (Å²) in [6.45, 7) is 4.19. The lowest BCUT2D eigenvalue weighted by atomic mass is 10.0. The molecular formula is C16H17NO3. The average Bonchev–Trinajstić information content (AvgIpc) is 2.45. The highest BCUT2D eigenvalue weighted by molar-refractivity contribution is 5.54. The molecule has 0 amide bonds. The summed E-state index contributed by atoms with van der Waals surface area (Å²) in [5.74, 6) is 0.403. The lowest BCUT2D eigenvalue weighted by Crippen LogP contribution is -2.03. The van der Waals surface area contributed by atoms with E-state index in [1.165, 1.54) is 0 Å². The van der Waals surface area contributed by atoms with Crippen molar-refractivity contribution in [2.24, 2.45) is 0 Å². The maximum Gasteiger partial charge on any atom is 0.314 e. The Morgan fingerprint density at radius 1 is 1.10 bits per heavy atom. The third kappa shape index (κ3) is 3.15. The number of para-hydroxylation sites is 1. The molecule has 0 aliphatic heterocycles. The van der Waals surface area contributed by atoms with E-state index in [0.717, 1.165) is 5.56 Å². The monoisotopic (exact) mass is 271 g/mol. The zero-order valence-electron chi connectivity index (χ0n) is 11.6. The third-order valence-electron chi connectivity index (χ3n) is 3.07. The van der Waals surface area contributed by atoms with Crippen LogP contribution < -0.4 is 4.74 Å². The summed E-state index contributed by atoms with van der Waals surface area (Å²) in [6, 6.07) is 14.8. The summed E-state index contributed by atoms with van der Waals surface area (Å²) >= 11 is 0. The second-order valence-electron chi connectivity index (χ2n) is 4.88. The molecule has 0 heterocycles. The summed E-state index contributed by atoms with van der Waals surface area (Å²) < 4.78 is 5.63. The second kappa shape index (κ2) is 6.19. The van der Waals surface area contributed by atoms with E-state index in [2.05, 4.69) is 0 Å². The first kappa shape index (κ1) is 14.1. The predicted molar refractivity (Wildman–Crippen MR) is 78.0 cm³/mol. The fourth-order valence-corrected chi connectivity index (χ4v) is 2.05. The molecule has 0 N–H and O–H groups in total. The molecule has 4 heteroatoms. The normalized spacial score (nSPS) is 10.6. The minimum absolute atomic E-state index is 0.0680. The van der Waals surface area contributed by atoms with E-state index < -0.39 is 0 Å². The Morgan fingerprint density at radius 2 is 1.80 bits per heavy atom. The van der Waals surface area contributed by atoms with Crippen molar-refractivity contribution in [1.82, 2.24) is 0 Å². The van der Waals surface area contributed by atoms with E-state index >= 15 is 0 Å². The van der Waals surface area contributed by atoms with E-state index in [1.807, 2.05) is 44.2 Å². The fourth-order valence-electron chi connectivity index (χ4n) is 2.05. The zero-order chi connectivity index (χ0) is 14.5. The highest BCUT2D eigenvalue weighted by Crippen LogP contribution is 2.35. The Labute approximate surface area is 118 Å². The van der Waals surface area contributed by atoms with E-state index in [1.54, 1.807) is 18.2 Å². The minimum atomic E-state index is -0.365. The van der Waals surface area contributed by atoms with Gasteiger partial charge in [0.05, 0.1) is 4.92 Å². The van der Waals surface area contributed by atoms with Gasteiger partial charge in [-0.25, -0.2) is 0 Å². The van der Waals surface area contributed by atoms with E-state index in [-0.39, 0.29) is 16.5 Å². The molecule has 0 spiro atoms. The summed E-state index contributed by atoms with van der Waals surface area (Å²) in [7, 11) is 0. The number of hydrogen-bond donors (Lipinski definition) is 0. The molecule has 0 aliphatic rings. The Balaban J connectivity index is 2.27. The Hall–Kier alpha value is -2.36. The maximum atomic E-state index is 11.3. The fraction of sp³-hybridized carbons (Fsp3) is 0.250. The summed E-state index contributed by atoms with van der Waals surface area (Å²) in [5, 5.41) is 11.3. The standard InChI is InChI=1S/C16H17NO3/c1-12(2)14-9-6-10-15(16(14)17(18)19)20-11-13-7-4-3-5-8-13/h3-10,12H,11H2,1-2H3. The van der Waals surface area contributed by atoms with Gasteiger partial charge in [-0.1, -0.05) is 56.3 Å². The largest absolute Gasteiger partial charge is 0.482 e.